The molecule has 1 aromatic carbocycles. The second-order valence-electron chi connectivity index (χ2n) is 3.13. The highest BCUT2D eigenvalue weighted by Crippen LogP contribution is 2.22. The fraction of sp³-hybridized carbons (Fsp3) is 0.111. The number of halogens is 4. The summed E-state index contributed by atoms with van der Waals surface area (Å²) in [4.78, 5) is 0. The molecular formula is C9H5F4N3O. The minimum atomic E-state index is -1.58. The van der Waals surface area contributed by atoms with E-state index in [2.05, 4.69) is 10.3 Å². The molecule has 0 aliphatic heterocycles. The van der Waals surface area contributed by atoms with Gasteiger partial charge < -0.3 is 5.11 Å². The predicted molar refractivity (Wildman–Crippen MR) is 47.1 cm³/mol. The third-order valence-electron chi connectivity index (χ3n) is 2.02. The molecule has 2 rings (SSSR count). The largest absolute Gasteiger partial charge is 0.390 e. The molecule has 1 heterocycles. The van der Waals surface area contributed by atoms with E-state index >= 15 is 0 Å². The van der Waals surface area contributed by atoms with Crippen LogP contribution in [0.2, 0.25) is 0 Å². The van der Waals surface area contributed by atoms with Crippen molar-refractivity contribution >= 4 is 0 Å². The molecular weight excluding hydrogens is 242 g/mol. The lowest BCUT2D eigenvalue weighted by Gasteiger charge is -2.05. The van der Waals surface area contributed by atoms with Gasteiger partial charge >= 0.3 is 0 Å². The summed E-state index contributed by atoms with van der Waals surface area (Å²) in [5.41, 5.74) is -1.01. The number of aliphatic hydroxyl groups is 1. The van der Waals surface area contributed by atoms with Gasteiger partial charge in [0.25, 0.3) is 0 Å². The number of aliphatic hydroxyl groups excluding tert-OH is 1. The first kappa shape index (κ1) is 11.5. The van der Waals surface area contributed by atoms with Gasteiger partial charge in [-0.25, -0.2) is 22.2 Å². The molecule has 0 saturated carbocycles. The van der Waals surface area contributed by atoms with Crippen molar-refractivity contribution in [1.29, 1.82) is 0 Å². The highest BCUT2D eigenvalue weighted by molar-refractivity contribution is 5.35. The van der Waals surface area contributed by atoms with E-state index in [0.29, 0.717) is 4.68 Å². The second-order valence-corrected chi connectivity index (χ2v) is 3.13. The van der Waals surface area contributed by atoms with Crippen LogP contribution in [-0.2, 0) is 6.61 Å². The average molecular weight is 247 g/mol. The zero-order valence-electron chi connectivity index (χ0n) is 8.16. The molecule has 0 amide bonds. The van der Waals surface area contributed by atoms with Gasteiger partial charge in [-0.15, -0.1) is 5.10 Å². The minimum absolute atomic E-state index is 0.00784. The normalized spacial score (nSPS) is 10.9. The molecule has 17 heavy (non-hydrogen) atoms. The molecule has 0 aliphatic rings. The van der Waals surface area contributed by atoms with Crippen LogP contribution in [0.25, 0.3) is 5.69 Å². The van der Waals surface area contributed by atoms with Gasteiger partial charge in [0.05, 0.1) is 12.8 Å². The van der Waals surface area contributed by atoms with Crippen LogP contribution in [0.1, 0.15) is 5.69 Å². The first-order valence-electron chi connectivity index (χ1n) is 4.40. The van der Waals surface area contributed by atoms with E-state index in [1.165, 1.54) is 0 Å². The van der Waals surface area contributed by atoms with Crippen LogP contribution in [0.4, 0.5) is 17.6 Å². The molecule has 0 bridgehead atoms. The van der Waals surface area contributed by atoms with Crippen LogP contribution < -0.4 is 0 Å². The lowest BCUT2D eigenvalue weighted by atomic mass is 10.2. The standard InChI is InChI=1S/C9H5F4N3O/c10-5-1-6(11)8(13)9(7(5)12)16-2-4(3-17)14-15-16/h1-2,17H,3H2. The number of hydrogen-bond acceptors (Lipinski definition) is 3. The van der Waals surface area contributed by atoms with Gasteiger partial charge in [-0.1, -0.05) is 5.21 Å². The molecule has 0 atom stereocenters. The highest BCUT2D eigenvalue weighted by Gasteiger charge is 2.21. The van der Waals surface area contributed by atoms with Crippen LogP contribution in [-0.4, -0.2) is 20.1 Å². The predicted octanol–water partition coefficient (Wildman–Crippen LogP) is 1.32. The molecule has 0 radical (unpaired) electrons. The molecule has 8 heteroatoms. The molecule has 1 aromatic heterocycles. The smallest absolute Gasteiger partial charge is 0.187 e. The molecule has 0 spiro atoms. The maximum atomic E-state index is 13.3. The van der Waals surface area contributed by atoms with Crippen LogP contribution in [0, 0.1) is 23.3 Å². The molecule has 0 fully saturated rings. The third-order valence-corrected chi connectivity index (χ3v) is 2.02. The number of aromatic nitrogens is 3. The molecule has 0 unspecified atom stereocenters. The Morgan fingerprint density at radius 1 is 1.12 bits per heavy atom. The zero-order chi connectivity index (χ0) is 12.6. The quantitative estimate of drug-likeness (QED) is 0.643. The minimum Gasteiger partial charge on any atom is -0.390 e. The second kappa shape index (κ2) is 4.13. The van der Waals surface area contributed by atoms with Crippen molar-refractivity contribution in [3.8, 4) is 5.69 Å². The number of nitrogens with zero attached hydrogens (tertiary/aromatic N) is 3. The van der Waals surface area contributed by atoms with E-state index < -0.39 is 35.6 Å². The van der Waals surface area contributed by atoms with Crippen molar-refractivity contribution in [2.45, 2.75) is 6.61 Å². The lowest BCUT2D eigenvalue weighted by molar-refractivity contribution is 0.276. The zero-order valence-corrected chi connectivity index (χ0v) is 8.16. The summed E-state index contributed by atoms with van der Waals surface area (Å²) < 4.78 is 52.9. The Kier molecular flexibility index (Phi) is 2.80. The summed E-state index contributed by atoms with van der Waals surface area (Å²) in [5.74, 6) is -6.25. The first-order chi connectivity index (χ1) is 8.04. The maximum Gasteiger partial charge on any atom is 0.187 e. The summed E-state index contributed by atoms with van der Waals surface area (Å²) in [5, 5.41) is 15.3. The van der Waals surface area contributed by atoms with Crippen molar-refractivity contribution in [1.82, 2.24) is 15.0 Å². The summed E-state index contributed by atoms with van der Waals surface area (Å²) in [6.07, 6.45) is 0.959. The molecule has 90 valence electrons. The topological polar surface area (TPSA) is 50.9 Å². The lowest BCUT2D eigenvalue weighted by Crippen LogP contribution is -2.07. The van der Waals surface area contributed by atoms with E-state index in [1.807, 2.05) is 0 Å². The van der Waals surface area contributed by atoms with E-state index in [1.54, 1.807) is 0 Å². The SMILES string of the molecule is OCc1cn(-c2c(F)c(F)cc(F)c2F)nn1. The Balaban J connectivity index is 2.65. The fourth-order valence-corrected chi connectivity index (χ4v) is 1.24. The van der Waals surface area contributed by atoms with Crippen LogP contribution in [0.15, 0.2) is 12.3 Å². The van der Waals surface area contributed by atoms with E-state index in [0.717, 1.165) is 6.20 Å². The molecule has 0 saturated heterocycles. The molecule has 2 aromatic rings. The molecule has 1 N–H and O–H groups in total. The van der Waals surface area contributed by atoms with Gasteiger partial charge in [-0.3, -0.25) is 0 Å². The van der Waals surface area contributed by atoms with Crippen LogP contribution in [0.5, 0.6) is 0 Å². The Hall–Kier alpha value is -1.96. The Bertz CT molecular complexity index is 543. The van der Waals surface area contributed by atoms with Gasteiger partial charge in [-0.05, 0) is 0 Å². The third kappa shape index (κ3) is 1.86. The van der Waals surface area contributed by atoms with Crippen molar-refractivity contribution in [2.24, 2.45) is 0 Å². The fourth-order valence-electron chi connectivity index (χ4n) is 1.24. The van der Waals surface area contributed by atoms with Crippen LogP contribution >= 0.6 is 0 Å². The van der Waals surface area contributed by atoms with Crippen molar-refractivity contribution < 1.29 is 22.7 Å². The summed E-state index contributed by atoms with van der Waals surface area (Å²) >= 11 is 0. The highest BCUT2D eigenvalue weighted by atomic mass is 19.2. The molecule has 4 nitrogen and oxygen atoms in total. The van der Waals surface area contributed by atoms with E-state index in [9.17, 15) is 17.6 Å². The Labute approximate surface area is 92.1 Å². The number of rotatable bonds is 2. The van der Waals surface area contributed by atoms with E-state index in [-0.39, 0.29) is 11.8 Å². The van der Waals surface area contributed by atoms with E-state index in [4.69, 9.17) is 5.11 Å². The van der Waals surface area contributed by atoms with Gasteiger partial charge in [0.15, 0.2) is 23.3 Å². The van der Waals surface area contributed by atoms with Crippen molar-refractivity contribution in [3.63, 3.8) is 0 Å². The Morgan fingerprint density at radius 3 is 2.18 bits per heavy atom. The number of benzene rings is 1. The van der Waals surface area contributed by atoms with Gasteiger partial charge in [0.2, 0.25) is 0 Å². The average Bonchev–Trinajstić information content (AvgIpc) is 2.75. The molecule has 0 aliphatic carbocycles. The van der Waals surface area contributed by atoms with Crippen molar-refractivity contribution in [3.05, 3.63) is 41.2 Å². The Morgan fingerprint density at radius 2 is 1.71 bits per heavy atom. The van der Waals surface area contributed by atoms with Crippen molar-refractivity contribution in [2.75, 3.05) is 0 Å². The summed E-state index contributed by atoms with van der Waals surface area (Å²) in [7, 11) is 0. The number of hydrogen-bond donors (Lipinski definition) is 1. The summed E-state index contributed by atoms with van der Waals surface area (Å²) in [6.45, 7) is -0.513. The van der Waals surface area contributed by atoms with Gasteiger partial charge in [0, 0.05) is 6.07 Å². The van der Waals surface area contributed by atoms with Gasteiger partial charge in [-0.2, -0.15) is 0 Å². The first-order valence-corrected chi connectivity index (χ1v) is 4.40. The monoisotopic (exact) mass is 247 g/mol. The maximum absolute atomic E-state index is 13.3. The summed E-state index contributed by atoms with van der Waals surface area (Å²) in [6, 6.07) is 0.0953. The van der Waals surface area contributed by atoms with Gasteiger partial charge in [0.1, 0.15) is 11.4 Å². The van der Waals surface area contributed by atoms with Crippen LogP contribution in [0.3, 0.4) is 0 Å².